The van der Waals surface area contributed by atoms with E-state index in [1.807, 2.05) is 18.2 Å². The molecule has 2 aromatic carbocycles. The van der Waals surface area contributed by atoms with Crippen LogP contribution in [0.2, 0.25) is 10.0 Å². The maximum absolute atomic E-state index is 13.4. The Labute approximate surface area is 215 Å². The standard InChI is InChI=1S/C25H23Cl2N5O4/c1-30-20-21(31(2)25(35)32(22(20)33)12-13-4-7-18(26)19(27)8-13)29-24(30)28-17-6-5-14-9-16(23(34)36-3)10-15(14)11-17/h4-8,11,16H,9-10,12H2,1-3H3,(H,28,29). The van der Waals surface area contributed by atoms with Gasteiger partial charge in [-0.25, -0.2) is 4.79 Å². The summed E-state index contributed by atoms with van der Waals surface area (Å²) in [5.74, 6) is 0.0143. The monoisotopic (exact) mass is 527 g/mol. The molecule has 1 aliphatic carbocycles. The van der Waals surface area contributed by atoms with Crippen molar-refractivity contribution in [1.29, 1.82) is 0 Å². The van der Waals surface area contributed by atoms with Gasteiger partial charge in [0.05, 0.1) is 29.6 Å². The predicted octanol–water partition coefficient (Wildman–Crippen LogP) is 3.42. The van der Waals surface area contributed by atoms with Gasteiger partial charge in [0.2, 0.25) is 5.95 Å². The van der Waals surface area contributed by atoms with Crippen LogP contribution in [0.25, 0.3) is 11.2 Å². The number of hydrogen-bond acceptors (Lipinski definition) is 6. The molecule has 0 radical (unpaired) electrons. The molecule has 1 atom stereocenters. The molecule has 2 aromatic heterocycles. The van der Waals surface area contributed by atoms with Crippen LogP contribution in [0.1, 0.15) is 16.7 Å². The molecule has 186 valence electrons. The van der Waals surface area contributed by atoms with Gasteiger partial charge in [0, 0.05) is 19.8 Å². The highest BCUT2D eigenvalue weighted by Gasteiger charge is 2.28. The van der Waals surface area contributed by atoms with E-state index < -0.39 is 11.2 Å². The van der Waals surface area contributed by atoms with Crippen LogP contribution in [-0.2, 0) is 43.0 Å². The molecule has 1 aliphatic rings. The predicted molar refractivity (Wildman–Crippen MR) is 138 cm³/mol. The van der Waals surface area contributed by atoms with Crippen LogP contribution >= 0.6 is 23.2 Å². The van der Waals surface area contributed by atoms with Crippen LogP contribution in [0.4, 0.5) is 11.6 Å². The first kappa shape index (κ1) is 24.1. The number of aryl methyl sites for hydroxylation is 2. The molecule has 0 spiro atoms. The number of fused-ring (bicyclic) bond motifs is 2. The Morgan fingerprint density at radius 1 is 1.06 bits per heavy atom. The highest BCUT2D eigenvalue weighted by Crippen LogP contribution is 2.31. The Kier molecular flexibility index (Phi) is 6.13. The Balaban J connectivity index is 1.50. The second-order valence-corrected chi connectivity index (χ2v) is 9.70. The van der Waals surface area contributed by atoms with E-state index in [4.69, 9.17) is 27.9 Å². The van der Waals surface area contributed by atoms with Gasteiger partial charge in [-0.3, -0.25) is 18.7 Å². The van der Waals surface area contributed by atoms with Crippen molar-refractivity contribution in [2.75, 3.05) is 12.4 Å². The summed E-state index contributed by atoms with van der Waals surface area (Å²) in [5.41, 5.74) is 3.20. The van der Waals surface area contributed by atoms with Gasteiger partial charge in [0.1, 0.15) is 0 Å². The summed E-state index contributed by atoms with van der Waals surface area (Å²) >= 11 is 12.1. The maximum Gasteiger partial charge on any atom is 0.332 e. The normalized spacial score (nSPS) is 14.8. The fourth-order valence-electron chi connectivity index (χ4n) is 4.67. The van der Waals surface area contributed by atoms with E-state index in [0.717, 1.165) is 21.4 Å². The molecule has 0 amide bonds. The van der Waals surface area contributed by atoms with Crippen molar-refractivity contribution in [3.63, 3.8) is 0 Å². The highest BCUT2D eigenvalue weighted by atomic mass is 35.5. The summed E-state index contributed by atoms with van der Waals surface area (Å²) < 4.78 is 9.02. The number of rotatable bonds is 5. The molecule has 0 bridgehead atoms. The van der Waals surface area contributed by atoms with Gasteiger partial charge in [0.25, 0.3) is 5.56 Å². The van der Waals surface area contributed by atoms with Crippen molar-refractivity contribution >= 4 is 52.0 Å². The molecule has 0 saturated heterocycles. The second-order valence-electron chi connectivity index (χ2n) is 8.88. The van der Waals surface area contributed by atoms with E-state index in [9.17, 15) is 14.4 Å². The number of anilines is 2. The number of nitrogens with one attached hydrogen (secondary N) is 1. The lowest BCUT2D eigenvalue weighted by Gasteiger charge is -2.10. The summed E-state index contributed by atoms with van der Waals surface area (Å²) in [6.07, 6.45) is 1.25. The van der Waals surface area contributed by atoms with Crippen molar-refractivity contribution in [3.05, 3.63) is 84.0 Å². The van der Waals surface area contributed by atoms with E-state index >= 15 is 0 Å². The number of aromatic nitrogens is 4. The SMILES string of the molecule is COC(=O)C1Cc2ccc(Nc3nc4c(c(=O)n(Cc5ccc(Cl)c(Cl)c5)c(=O)n4C)n3C)cc2C1. The quantitative estimate of drug-likeness (QED) is 0.399. The first-order chi connectivity index (χ1) is 17.2. The zero-order valence-electron chi connectivity index (χ0n) is 19.8. The Morgan fingerprint density at radius 3 is 2.53 bits per heavy atom. The molecular formula is C25H23Cl2N5O4. The zero-order valence-corrected chi connectivity index (χ0v) is 21.4. The van der Waals surface area contributed by atoms with Crippen molar-refractivity contribution in [3.8, 4) is 0 Å². The molecule has 1 unspecified atom stereocenters. The third kappa shape index (κ3) is 4.08. The number of carbonyl (C=O) groups excluding carboxylic acids is 1. The van der Waals surface area contributed by atoms with Gasteiger partial charge < -0.3 is 14.6 Å². The van der Waals surface area contributed by atoms with E-state index in [-0.39, 0.29) is 29.6 Å². The van der Waals surface area contributed by atoms with Crippen LogP contribution in [0.3, 0.4) is 0 Å². The van der Waals surface area contributed by atoms with Crippen molar-refractivity contribution in [1.82, 2.24) is 18.7 Å². The third-order valence-electron chi connectivity index (χ3n) is 6.61. The number of ether oxygens (including phenoxy) is 1. The molecular weight excluding hydrogens is 505 g/mol. The Hall–Kier alpha value is -3.56. The summed E-state index contributed by atoms with van der Waals surface area (Å²) in [7, 11) is 4.69. The number of imidazole rings is 1. The molecule has 1 N–H and O–H groups in total. The molecule has 4 aromatic rings. The van der Waals surface area contributed by atoms with E-state index in [0.29, 0.717) is 34.4 Å². The van der Waals surface area contributed by atoms with Gasteiger partial charge >= 0.3 is 11.7 Å². The largest absolute Gasteiger partial charge is 0.469 e. The summed E-state index contributed by atoms with van der Waals surface area (Å²) in [4.78, 5) is 42.9. The van der Waals surface area contributed by atoms with E-state index in [1.54, 1.807) is 36.9 Å². The molecule has 2 heterocycles. The average molecular weight is 528 g/mol. The fraction of sp³-hybridized carbons (Fsp3) is 0.280. The number of halogens is 2. The molecule has 11 heteroatoms. The van der Waals surface area contributed by atoms with Crippen LogP contribution in [0.5, 0.6) is 0 Å². The molecule has 0 saturated carbocycles. The van der Waals surface area contributed by atoms with Crippen LogP contribution in [0.15, 0.2) is 46.0 Å². The Bertz CT molecular complexity index is 1650. The summed E-state index contributed by atoms with van der Waals surface area (Å²) in [6, 6.07) is 10.8. The van der Waals surface area contributed by atoms with Crippen molar-refractivity contribution in [2.24, 2.45) is 20.0 Å². The maximum atomic E-state index is 13.4. The molecule has 0 fully saturated rings. The highest BCUT2D eigenvalue weighted by molar-refractivity contribution is 6.42. The molecule has 36 heavy (non-hydrogen) atoms. The van der Waals surface area contributed by atoms with Gasteiger partial charge in [-0.15, -0.1) is 0 Å². The lowest BCUT2D eigenvalue weighted by Crippen LogP contribution is -2.39. The molecule has 0 aliphatic heterocycles. The number of hydrogen-bond donors (Lipinski definition) is 1. The van der Waals surface area contributed by atoms with Gasteiger partial charge in [0.15, 0.2) is 11.2 Å². The fourth-order valence-corrected chi connectivity index (χ4v) is 4.99. The lowest BCUT2D eigenvalue weighted by molar-refractivity contribution is -0.145. The number of benzene rings is 2. The Morgan fingerprint density at radius 2 is 1.81 bits per heavy atom. The summed E-state index contributed by atoms with van der Waals surface area (Å²) in [5, 5.41) is 3.99. The van der Waals surface area contributed by atoms with E-state index in [1.165, 1.54) is 11.7 Å². The first-order valence-electron chi connectivity index (χ1n) is 11.2. The van der Waals surface area contributed by atoms with Gasteiger partial charge in [-0.2, -0.15) is 4.98 Å². The minimum Gasteiger partial charge on any atom is -0.469 e. The number of carbonyl (C=O) groups is 1. The zero-order chi connectivity index (χ0) is 25.7. The minimum absolute atomic E-state index is 0.0401. The van der Waals surface area contributed by atoms with Gasteiger partial charge in [-0.1, -0.05) is 35.3 Å². The molecule has 9 nitrogen and oxygen atoms in total. The molecule has 5 rings (SSSR count). The van der Waals surface area contributed by atoms with Crippen molar-refractivity contribution < 1.29 is 9.53 Å². The summed E-state index contributed by atoms with van der Waals surface area (Å²) in [6.45, 7) is 0.0401. The lowest BCUT2D eigenvalue weighted by atomic mass is 10.1. The van der Waals surface area contributed by atoms with Crippen molar-refractivity contribution in [2.45, 2.75) is 19.4 Å². The van der Waals surface area contributed by atoms with Gasteiger partial charge in [-0.05, 0) is 53.8 Å². The van der Waals surface area contributed by atoms with Crippen LogP contribution in [0, 0.1) is 5.92 Å². The number of esters is 1. The smallest absolute Gasteiger partial charge is 0.332 e. The van der Waals surface area contributed by atoms with Crippen LogP contribution in [-0.4, -0.2) is 31.8 Å². The topological polar surface area (TPSA) is 100 Å². The second kappa shape index (κ2) is 9.15. The number of methoxy groups -OCH3 is 1. The number of nitrogens with zero attached hydrogens (tertiary/aromatic N) is 4. The third-order valence-corrected chi connectivity index (χ3v) is 7.35. The van der Waals surface area contributed by atoms with Crippen LogP contribution < -0.4 is 16.6 Å². The average Bonchev–Trinajstić information content (AvgIpc) is 3.43. The van der Waals surface area contributed by atoms with E-state index in [2.05, 4.69) is 10.3 Å². The minimum atomic E-state index is -0.491. The first-order valence-corrected chi connectivity index (χ1v) is 12.0.